The monoisotopic (exact) mass is 168 g/mol. The van der Waals surface area contributed by atoms with E-state index in [9.17, 15) is 9.59 Å². The third-order valence-corrected chi connectivity index (χ3v) is 1.72. The Bertz CT molecular complexity index is 210. The number of hydrogen-bond donors (Lipinski definition) is 0. The molecule has 1 atom stereocenters. The van der Waals surface area contributed by atoms with Crippen LogP contribution in [0.2, 0.25) is 0 Å². The van der Waals surface area contributed by atoms with Gasteiger partial charge < -0.3 is 0 Å². The minimum atomic E-state index is -0.371. The molecule has 0 radical (unpaired) electrons. The Morgan fingerprint density at radius 2 is 1.83 bits per heavy atom. The number of hydrogen-bond acceptors (Lipinski definition) is 2. The van der Waals surface area contributed by atoms with Crippen LogP contribution >= 0.6 is 0 Å². The molecule has 0 aromatic heterocycles. The maximum absolute atomic E-state index is 11.2. The molecule has 0 amide bonds. The molecule has 0 N–H and O–H groups in total. The summed E-state index contributed by atoms with van der Waals surface area (Å²) in [5.41, 5.74) is 0.872. The summed E-state index contributed by atoms with van der Waals surface area (Å²) in [5.74, 6) is -0.795. The maximum Gasteiger partial charge on any atom is 0.221 e. The van der Waals surface area contributed by atoms with Gasteiger partial charge in [0.1, 0.15) is 0 Å². The van der Waals surface area contributed by atoms with Gasteiger partial charge in [0.2, 0.25) is 11.6 Å². The van der Waals surface area contributed by atoms with Crippen LogP contribution in [-0.2, 0) is 9.59 Å². The van der Waals surface area contributed by atoms with E-state index in [2.05, 4.69) is 0 Å². The Morgan fingerprint density at radius 3 is 2.17 bits per heavy atom. The molecular weight excluding hydrogens is 152 g/mol. The fourth-order valence-corrected chi connectivity index (χ4v) is 0.762. The van der Waals surface area contributed by atoms with Crippen LogP contribution in [0.3, 0.4) is 0 Å². The van der Waals surface area contributed by atoms with E-state index in [0.717, 1.165) is 12.0 Å². The van der Waals surface area contributed by atoms with E-state index in [1.54, 1.807) is 6.92 Å². The fraction of sp³-hybridized carbons (Fsp3) is 0.600. The van der Waals surface area contributed by atoms with Crippen LogP contribution in [0.25, 0.3) is 0 Å². The minimum Gasteiger partial charge on any atom is -0.290 e. The molecule has 0 aromatic rings. The van der Waals surface area contributed by atoms with Gasteiger partial charge in [-0.2, -0.15) is 0 Å². The molecule has 0 aliphatic carbocycles. The first kappa shape index (κ1) is 11.1. The van der Waals surface area contributed by atoms with Crippen molar-refractivity contribution in [2.75, 3.05) is 0 Å². The van der Waals surface area contributed by atoms with Crippen LogP contribution in [0.1, 0.15) is 34.1 Å². The highest BCUT2D eigenvalue weighted by Crippen LogP contribution is 2.04. The first-order valence-electron chi connectivity index (χ1n) is 4.22. The van der Waals surface area contributed by atoms with Crippen LogP contribution in [0.5, 0.6) is 0 Å². The van der Waals surface area contributed by atoms with Crippen LogP contribution in [0.15, 0.2) is 11.6 Å². The Balaban J connectivity index is 4.31. The quantitative estimate of drug-likeness (QED) is 0.476. The molecule has 0 aliphatic heterocycles. The van der Waals surface area contributed by atoms with Gasteiger partial charge in [-0.25, -0.2) is 0 Å². The molecule has 0 heterocycles. The van der Waals surface area contributed by atoms with Crippen molar-refractivity contribution >= 4 is 11.6 Å². The lowest BCUT2D eigenvalue weighted by molar-refractivity contribution is -0.136. The molecule has 2 heteroatoms. The molecule has 0 aliphatic rings. The zero-order valence-corrected chi connectivity index (χ0v) is 8.18. The fourth-order valence-electron chi connectivity index (χ4n) is 0.762. The van der Waals surface area contributed by atoms with E-state index in [0.29, 0.717) is 0 Å². The minimum absolute atomic E-state index is 0.145. The lowest BCUT2D eigenvalue weighted by Crippen LogP contribution is -2.19. The van der Waals surface area contributed by atoms with Crippen molar-refractivity contribution in [2.24, 2.45) is 5.92 Å². The summed E-state index contributed by atoms with van der Waals surface area (Å²) in [6.45, 7) is 7.29. The number of carbonyl (C=O) groups excluding carboxylic acids is 2. The van der Waals surface area contributed by atoms with Gasteiger partial charge in [0.25, 0.3) is 0 Å². The molecule has 1 unspecified atom stereocenters. The normalized spacial score (nSPS) is 12.0. The summed E-state index contributed by atoms with van der Waals surface area (Å²) in [7, 11) is 0. The van der Waals surface area contributed by atoms with Crippen molar-refractivity contribution in [2.45, 2.75) is 34.1 Å². The molecule has 68 valence electrons. The summed E-state index contributed by atoms with van der Waals surface area (Å²) >= 11 is 0. The number of Topliss-reactive ketones (excluding diaryl/α,β-unsaturated/α-hetero) is 1. The van der Waals surface area contributed by atoms with E-state index < -0.39 is 0 Å². The Kier molecular flexibility index (Phi) is 4.49. The maximum atomic E-state index is 11.2. The lowest BCUT2D eigenvalue weighted by Gasteiger charge is -2.02. The van der Waals surface area contributed by atoms with Gasteiger partial charge >= 0.3 is 0 Å². The molecule has 0 fully saturated rings. The van der Waals surface area contributed by atoms with Crippen LogP contribution in [-0.4, -0.2) is 11.6 Å². The SMILES string of the molecule is CCC(C)C(=O)C(=O)C=C(C)C. The van der Waals surface area contributed by atoms with Gasteiger partial charge in [-0.3, -0.25) is 9.59 Å². The van der Waals surface area contributed by atoms with Crippen LogP contribution < -0.4 is 0 Å². The Morgan fingerprint density at radius 1 is 1.33 bits per heavy atom. The van der Waals surface area contributed by atoms with E-state index >= 15 is 0 Å². The number of carbonyl (C=O) groups is 2. The summed E-state index contributed by atoms with van der Waals surface area (Å²) < 4.78 is 0. The van der Waals surface area contributed by atoms with Crippen molar-refractivity contribution in [1.29, 1.82) is 0 Å². The van der Waals surface area contributed by atoms with Gasteiger partial charge in [0, 0.05) is 5.92 Å². The predicted molar refractivity (Wildman–Crippen MR) is 48.9 cm³/mol. The lowest BCUT2D eigenvalue weighted by atomic mass is 9.99. The predicted octanol–water partition coefficient (Wildman–Crippen LogP) is 2.14. The summed E-state index contributed by atoms with van der Waals surface area (Å²) in [5, 5.41) is 0. The molecular formula is C10H16O2. The van der Waals surface area contributed by atoms with E-state index in [4.69, 9.17) is 0 Å². The first-order chi connectivity index (χ1) is 5.49. The second-order valence-electron chi connectivity index (χ2n) is 3.26. The van der Waals surface area contributed by atoms with Crippen LogP contribution in [0.4, 0.5) is 0 Å². The second-order valence-corrected chi connectivity index (χ2v) is 3.26. The molecule has 0 saturated heterocycles. The van der Waals surface area contributed by atoms with E-state index in [1.165, 1.54) is 6.08 Å². The molecule has 2 nitrogen and oxygen atoms in total. The Labute approximate surface area is 73.7 Å². The molecule has 12 heavy (non-hydrogen) atoms. The number of rotatable bonds is 4. The Hall–Kier alpha value is -0.920. The average molecular weight is 168 g/mol. The standard InChI is InChI=1S/C10H16O2/c1-5-8(4)10(12)9(11)6-7(2)3/h6,8H,5H2,1-4H3. The highest BCUT2D eigenvalue weighted by Gasteiger charge is 2.16. The molecule has 0 aromatic carbocycles. The van der Waals surface area contributed by atoms with Crippen LogP contribution in [0, 0.1) is 5.92 Å². The highest BCUT2D eigenvalue weighted by molar-refractivity contribution is 6.42. The third kappa shape index (κ3) is 3.46. The van der Waals surface area contributed by atoms with Gasteiger partial charge in [-0.1, -0.05) is 19.4 Å². The van der Waals surface area contributed by atoms with Crippen molar-refractivity contribution in [3.8, 4) is 0 Å². The van der Waals surface area contributed by atoms with Gasteiger partial charge in [0.15, 0.2) is 0 Å². The van der Waals surface area contributed by atoms with E-state index in [1.807, 2.05) is 20.8 Å². The van der Waals surface area contributed by atoms with Crippen molar-refractivity contribution in [3.05, 3.63) is 11.6 Å². The van der Waals surface area contributed by atoms with Crippen molar-refractivity contribution < 1.29 is 9.59 Å². The van der Waals surface area contributed by atoms with Crippen molar-refractivity contribution in [3.63, 3.8) is 0 Å². The largest absolute Gasteiger partial charge is 0.290 e. The molecule has 0 rings (SSSR count). The zero-order chi connectivity index (χ0) is 9.72. The summed E-state index contributed by atoms with van der Waals surface area (Å²) in [6, 6.07) is 0. The van der Waals surface area contributed by atoms with Gasteiger partial charge in [0.05, 0.1) is 0 Å². The molecule has 0 bridgehead atoms. The number of allylic oxidation sites excluding steroid dienone is 2. The topological polar surface area (TPSA) is 34.1 Å². The number of ketones is 2. The second kappa shape index (κ2) is 4.86. The average Bonchev–Trinajstić information content (AvgIpc) is 2.00. The first-order valence-corrected chi connectivity index (χ1v) is 4.22. The zero-order valence-electron chi connectivity index (χ0n) is 8.18. The van der Waals surface area contributed by atoms with Gasteiger partial charge in [-0.15, -0.1) is 0 Å². The summed E-state index contributed by atoms with van der Waals surface area (Å²) in [4.78, 5) is 22.3. The molecule has 0 spiro atoms. The van der Waals surface area contributed by atoms with E-state index in [-0.39, 0.29) is 17.5 Å². The molecule has 0 saturated carbocycles. The third-order valence-electron chi connectivity index (χ3n) is 1.72. The highest BCUT2D eigenvalue weighted by atomic mass is 16.2. The smallest absolute Gasteiger partial charge is 0.221 e. The van der Waals surface area contributed by atoms with Crippen molar-refractivity contribution in [1.82, 2.24) is 0 Å². The summed E-state index contributed by atoms with van der Waals surface area (Å²) in [6.07, 6.45) is 2.12. The van der Waals surface area contributed by atoms with Gasteiger partial charge in [-0.05, 0) is 26.3 Å².